The van der Waals surface area contributed by atoms with Crippen LogP contribution in [0.1, 0.15) is 11.3 Å². The maximum atomic E-state index is 9.77. The monoisotopic (exact) mass is 322 g/mol. The van der Waals surface area contributed by atoms with Crippen molar-refractivity contribution in [1.29, 1.82) is 0 Å². The minimum Gasteiger partial charge on any atom is -0.390 e. The lowest BCUT2D eigenvalue weighted by molar-refractivity contribution is 0.275. The highest BCUT2D eigenvalue weighted by Gasteiger charge is 2.17. The summed E-state index contributed by atoms with van der Waals surface area (Å²) in [5, 5.41) is 15.3. The van der Waals surface area contributed by atoms with Crippen LogP contribution < -0.4 is 0 Å². The Morgan fingerprint density at radius 3 is 2.65 bits per heavy atom. The number of aliphatic hydroxyl groups is 1. The van der Waals surface area contributed by atoms with Crippen LogP contribution in [0.25, 0.3) is 26.8 Å². The summed E-state index contributed by atoms with van der Waals surface area (Å²) in [5.41, 5.74) is 4.56. The second-order valence-corrected chi connectivity index (χ2v) is 6.23. The number of imidazole rings is 1. The Balaban J connectivity index is 1.85. The Kier molecular flexibility index (Phi) is 3.40. The molecule has 3 heterocycles. The van der Waals surface area contributed by atoms with Crippen molar-refractivity contribution in [2.24, 2.45) is 0 Å². The molecule has 0 unspecified atom stereocenters. The van der Waals surface area contributed by atoms with E-state index in [1.165, 1.54) is 16.9 Å². The maximum absolute atomic E-state index is 9.77. The molecule has 23 heavy (non-hydrogen) atoms. The average molecular weight is 322 g/mol. The molecule has 4 aromatic rings. The molecule has 0 aliphatic carbocycles. The van der Waals surface area contributed by atoms with Gasteiger partial charge in [-0.05, 0) is 19.1 Å². The highest BCUT2D eigenvalue weighted by atomic mass is 32.1. The number of hydrogen-bond acceptors (Lipinski definition) is 5. The van der Waals surface area contributed by atoms with Crippen molar-refractivity contribution in [3.05, 3.63) is 60.0 Å². The Labute approximate surface area is 136 Å². The van der Waals surface area contributed by atoms with Crippen LogP contribution in [0.2, 0.25) is 0 Å². The summed E-state index contributed by atoms with van der Waals surface area (Å²) in [7, 11) is 0. The van der Waals surface area contributed by atoms with Gasteiger partial charge in [0.1, 0.15) is 5.01 Å². The lowest BCUT2D eigenvalue weighted by Gasteiger charge is -2.00. The Bertz CT molecular complexity index is 958. The summed E-state index contributed by atoms with van der Waals surface area (Å²) in [4.78, 5) is 9.52. The molecule has 114 valence electrons. The lowest BCUT2D eigenvalue weighted by atomic mass is 10.2. The van der Waals surface area contributed by atoms with Crippen molar-refractivity contribution in [3.8, 4) is 21.8 Å². The predicted molar refractivity (Wildman–Crippen MR) is 90.2 cm³/mol. The first-order valence-corrected chi connectivity index (χ1v) is 8.04. The number of benzene rings is 1. The zero-order valence-corrected chi connectivity index (χ0v) is 13.3. The minimum atomic E-state index is -0.123. The van der Waals surface area contributed by atoms with Crippen molar-refractivity contribution in [2.75, 3.05) is 0 Å². The van der Waals surface area contributed by atoms with Crippen LogP contribution in [0.15, 0.2) is 48.8 Å². The molecule has 0 atom stereocenters. The number of rotatable bonds is 3. The van der Waals surface area contributed by atoms with Gasteiger partial charge in [0.15, 0.2) is 0 Å². The number of hydrogen-bond donors (Lipinski definition) is 1. The van der Waals surface area contributed by atoms with Crippen LogP contribution in [0.4, 0.5) is 0 Å². The molecule has 0 bridgehead atoms. The van der Waals surface area contributed by atoms with Crippen LogP contribution in [-0.4, -0.2) is 24.7 Å². The molecule has 0 spiro atoms. The summed E-state index contributed by atoms with van der Waals surface area (Å²) in [6.45, 7) is 1.94. The number of aromatic nitrogens is 4. The van der Waals surface area contributed by atoms with Gasteiger partial charge in [-0.2, -0.15) is 5.10 Å². The molecule has 5 nitrogen and oxygen atoms in total. The topological polar surface area (TPSA) is 63.3 Å². The van der Waals surface area contributed by atoms with E-state index in [0.29, 0.717) is 5.69 Å². The van der Waals surface area contributed by atoms with E-state index in [2.05, 4.69) is 34.1 Å². The molecule has 3 aromatic heterocycles. The van der Waals surface area contributed by atoms with Crippen molar-refractivity contribution < 1.29 is 5.11 Å². The third-order valence-corrected chi connectivity index (χ3v) is 4.64. The fourth-order valence-corrected chi connectivity index (χ4v) is 3.40. The average Bonchev–Trinajstić information content (AvgIpc) is 3.13. The van der Waals surface area contributed by atoms with Crippen molar-refractivity contribution >= 4 is 16.3 Å². The molecule has 4 rings (SSSR count). The van der Waals surface area contributed by atoms with Gasteiger partial charge in [-0.1, -0.05) is 41.2 Å². The van der Waals surface area contributed by atoms with Gasteiger partial charge in [0.2, 0.25) is 4.96 Å². The van der Waals surface area contributed by atoms with E-state index in [0.717, 1.165) is 26.8 Å². The van der Waals surface area contributed by atoms with E-state index >= 15 is 0 Å². The fraction of sp³-hybridized carbons (Fsp3) is 0.118. The van der Waals surface area contributed by atoms with Crippen LogP contribution in [0, 0.1) is 6.92 Å². The highest BCUT2D eigenvalue weighted by Crippen LogP contribution is 2.30. The molecule has 0 saturated carbocycles. The molecule has 6 heteroatoms. The van der Waals surface area contributed by atoms with Crippen molar-refractivity contribution in [2.45, 2.75) is 13.5 Å². The van der Waals surface area contributed by atoms with E-state index < -0.39 is 0 Å². The van der Waals surface area contributed by atoms with Crippen molar-refractivity contribution in [3.63, 3.8) is 0 Å². The number of aliphatic hydroxyl groups excluding tert-OH is 1. The van der Waals surface area contributed by atoms with Gasteiger partial charge in [0.05, 0.1) is 18.0 Å². The van der Waals surface area contributed by atoms with Crippen LogP contribution >= 0.6 is 11.3 Å². The summed E-state index contributed by atoms with van der Waals surface area (Å²) in [6, 6.07) is 12.0. The number of nitrogens with zero attached hydrogens (tertiary/aromatic N) is 4. The largest absolute Gasteiger partial charge is 0.390 e. The number of aryl methyl sites for hydroxylation is 1. The summed E-state index contributed by atoms with van der Waals surface area (Å²) in [6.07, 6.45) is 3.46. The molecule has 0 aliphatic heterocycles. The zero-order chi connectivity index (χ0) is 15.8. The van der Waals surface area contributed by atoms with E-state index in [-0.39, 0.29) is 6.61 Å². The van der Waals surface area contributed by atoms with E-state index in [1.54, 1.807) is 16.9 Å². The molecule has 1 N–H and O–H groups in total. The number of pyridine rings is 1. The van der Waals surface area contributed by atoms with Crippen LogP contribution in [-0.2, 0) is 6.61 Å². The van der Waals surface area contributed by atoms with Gasteiger partial charge >= 0.3 is 0 Å². The molecule has 0 radical (unpaired) electrons. The van der Waals surface area contributed by atoms with E-state index in [9.17, 15) is 5.11 Å². The first-order valence-electron chi connectivity index (χ1n) is 7.23. The quantitative estimate of drug-likeness (QED) is 0.628. The van der Waals surface area contributed by atoms with E-state index in [4.69, 9.17) is 0 Å². The second-order valence-electron chi connectivity index (χ2n) is 5.27. The molecule has 0 saturated heterocycles. The van der Waals surface area contributed by atoms with Gasteiger partial charge in [-0.15, -0.1) is 0 Å². The lowest BCUT2D eigenvalue weighted by Crippen LogP contribution is -1.96. The van der Waals surface area contributed by atoms with Crippen LogP contribution in [0.5, 0.6) is 0 Å². The Morgan fingerprint density at radius 2 is 1.96 bits per heavy atom. The second kappa shape index (κ2) is 5.57. The third kappa shape index (κ3) is 2.42. The molecular weight excluding hydrogens is 308 g/mol. The summed E-state index contributed by atoms with van der Waals surface area (Å²) >= 11 is 1.51. The van der Waals surface area contributed by atoms with Gasteiger partial charge in [-0.3, -0.25) is 4.98 Å². The minimum absolute atomic E-state index is 0.123. The van der Waals surface area contributed by atoms with Crippen LogP contribution in [0.3, 0.4) is 0 Å². The first-order chi connectivity index (χ1) is 11.3. The summed E-state index contributed by atoms with van der Waals surface area (Å²) in [5.74, 6) is 0. The van der Waals surface area contributed by atoms with Gasteiger partial charge in [0, 0.05) is 23.5 Å². The smallest absolute Gasteiger partial charge is 0.213 e. The molecule has 1 aromatic carbocycles. The first kappa shape index (κ1) is 14.0. The molecular formula is C17H14N4OS. The van der Waals surface area contributed by atoms with Gasteiger partial charge in [-0.25, -0.2) is 9.50 Å². The van der Waals surface area contributed by atoms with Gasteiger partial charge in [0.25, 0.3) is 0 Å². The third-order valence-electron chi connectivity index (χ3n) is 3.68. The van der Waals surface area contributed by atoms with Gasteiger partial charge < -0.3 is 5.11 Å². The molecule has 0 aliphatic rings. The molecule has 0 amide bonds. The SMILES string of the molecule is Cc1ccc(-c2nn3c(CO)c(-c4cccnc4)nc3s2)cc1. The highest BCUT2D eigenvalue weighted by molar-refractivity contribution is 7.19. The maximum Gasteiger partial charge on any atom is 0.213 e. The normalized spacial score (nSPS) is 11.2. The van der Waals surface area contributed by atoms with E-state index in [1.807, 2.05) is 24.3 Å². The number of fused-ring (bicyclic) bond motifs is 1. The fourth-order valence-electron chi connectivity index (χ4n) is 2.48. The zero-order valence-electron chi connectivity index (χ0n) is 12.5. The standard InChI is InChI=1S/C17H14N4OS/c1-11-4-6-12(7-5-11)16-20-21-14(10-22)15(19-17(21)23-16)13-3-2-8-18-9-13/h2-9,22H,10H2,1H3. The predicted octanol–water partition coefficient (Wildman–Crippen LogP) is 3.32. The summed E-state index contributed by atoms with van der Waals surface area (Å²) < 4.78 is 1.72. The Hall–Kier alpha value is -2.57. The Morgan fingerprint density at radius 1 is 1.13 bits per heavy atom. The van der Waals surface area contributed by atoms with Crippen molar-refractivity contribution in [1.82, 2.24) is 19.6 Å². The molecule has 0 fully saturated rings.